The molecule has 0 heterocycles. The van der Waals surface area contributed by atoms with Crippen molar-refractivity contribution in [1.82, 2.24) is 5.32 Å². The highest BCUT2D eigenvalue weighted by molar-refractivity contribution is 5.50. The molecule has 0 atom stereocenters. The van der Waals surface area contributed by atoms with Gasteiger partial charge in [0.05, 0.1) is 0 Å². The Balaban J connectivity index is 1.96. The number of rotatable bonds is 7. The van der Waals surface area contributed by atoms with Gasteiger partial charge in [-0.25, -0.2) is 0 Å². The predicted octanol–water partition coefficient (Wildman–Crippen LogP) is 3.96. The molecule has 21 heavy (non-hydrogen) atoms. The molecular formula is C16H23F3N2. The Kier molecular flexibility index (Phi) is 5.14. The largest absolute Gasteiger partial charge is 0.405 e. The van der Waals surface area contributed by atoms with Crippen molar-refractivity contribution in [2.24, 2.45) is 5.92 Å². The highest BCUT2D eigenvalue weighted by Gasteiger charge is 2.38. The second-order valence-electron chi connectivity index (χ2n) is 6.17. The summed E-state index contributed by atoms with van der Waals surface area (Å²) in [4.78, 5) is 1.48. The van der Waals surface area contributed by atoms with E-state index in [1.807, 2.05) is 12.1 Å². The van der Waals surface area contributed by atoms with Gasteiger partial charge in [0, 0.05) is 18.3 Å². The molecule has 1 fully saturated rings. The minimum absolute atomic E-state index is 0.0524. The predicted molar refractivity (Wildman–Crippen MR) is 79.4 cm³/mol. The number of anilines is 1. The van der Waals surface area contributed by atoms with Crippen LogP contribution in [0, 0.1) is 5.92 Å². The van der Waals surface area contributed by atoms with Gasteiger partial charge in [-0.2, -0.15) is 13.2 Å². The zero-order valence-electron chi connectivity index (χ0n) is 12.6. The van der Waals surface area contributed by atoms with Gasteiger partial charge in [-0.3, -0.25) is 0 Å². The molecule has 2 nitrogen and oxygen atoms in total. The third kappa shape index (κ3) is 5.58. The van der Waals surface area contributed by atoms with Crippen LogP contribution in [0.4, 0.5) is 18.9 Å². The minimum atomic E-state index is -4.15. The minimum Gasteiger partial charge on any atom is -0.360 e. The number of alkyl halides is 3. The molecule has 0 unspecified atom stereocenters. The maximum Gasteiger partial charge on any atom is 0.405 e. The summed E-state index contributed by atoms with van der Waals surface area (Å²) in [5, 5.41) is 3.33. The lowest BCUT2D eigenvalue weighted by Gasteiger charge is -2.26. The fraction of sp³-hybridized carbons (Fsp3) is 0.625. The van der Waals surface area contributed by atoms with E-state index in [1.165, 1.54) is 4.90 Å². The summed E-state index contributed by atoms with van der Waals surface area (Å²) in [6.07, 6.45) is -2.44. The molecular weight excluding hydrogens is 277 g/mol. The third-order valence-corrected chi connectivity index (χ3v) is 3.49. The number of nitrogens with one attached hydrogen (secondary N) is 1. The van der Waals surface area contributed by atoms with Gasteiger partial charge in [0.1, 0.15) is 6.54 Å². The van der Waals surface area contributed by atoms with Crippen molar-refractivity contribution in [2.75, 3.05) is 18.0 Å². The summed E-state index contributed by atoms with van der Waals surface area (Å²) in [7, 11) is 0. The number of nitrogens with zero attached hydrogens (tertiary/aromatic N) is 1. The molecule has 0 aromatic heterocycles. The summed E-state index contributed by atoms with van der Waals surface area (Å²) < 4.78 is 37.9. The topological polar surface area (TPSA) is 15.3 Å². The Bertz CT molecular complexity index is 436. The van der Waals surface area contributed by atoms with Gasteiger partial charge in [-0.05, 0) is 43.0 Å². The number of benzene rings is 1. The van der Waals surface area contributed by atoms with E-state index in [1.54, 1.807) is 12.1 Å². The molecule has 5 heteroatoms. The average Bonchev–Trinajstić information content (AvgIpc) is 3.20. The van der Waals surface area contributed by atoms with E-state index < -0.39 is 12.7 Å². The van der Waals surface area contributed by atoms with E-state index in [2.05, 4.69) is 19.2 Å². The fourth-order valence-electron chi connectivity index (χ4n) is 2.32. The first-order valence-electron chi connectivity index (χ1n) is 7.48. The quantitative estimate of drug-likeness (QED) is 0.820. The van der Waals surface area contributed by atoms with Crippen LogP contribution in [0.3, 0.4) is 0 Å². The molecule has 0 aliphatic heterocycles. The molecule has 118 valence electrons. The van der Waals surface area contributed by atoms with Crippen molar-refractivity contribution in [3.8, 4) is 0 Å². The molecule has 1 aromatic rings. The van der Waals surface area contributed by atoms with E-state index >= 15 is 0 Å². The zero-order chi connectivity index (χ0) is 15.5. The molecule has 1 aromatic carbocycles. The molecule has 0 bridgehead atoms. The van der Waals surface area contributed by atoms with E-state index in [9.17, 15) is 13.2 Å². The first kappa shape index (κ1) is 16.1. The Morgan fingerprint density at radius 3 is 2.29 bits per heavy atom. The normalized spacial score (nSPS) is 15.5. The van der Waals surface area contributed by atoms with Crippen LogP contribution in [0.5, 0.6) is 0 Å². The zero-order valence-corrected chi connectivity index (χ0v) is 12.6. The van der Waals surface area contributed by atoms with E-state index in [-0.39, 0.29) is 6.04 Å². The standard InChI is InChI=1S/C16H23F3N2/c1-12(2)9-20-10-13-3-5-14(6-4-13)21(15-7-8-15)11-16(17,18)19/h3-6,12,15,20H,7-11H2,1-2H3. The van der Waals surface area contributed by atoms with Gasteiger partial charge in [0.25, 0.3) is 0 Å². The molecule has 1 aliphatic rings. The van der Waals surface area contributed by atoms with Crippen molar-refractivity contribution >= 4 is 5.69 Å². The lowest BCUT2D eigenvalue weighted by Crippen LogP contribution is -2.35. The number of hydrogen-bond acceptors (Lipinski definition) is 2. The van der Waals surface area contributed by atoms with E-state index in [0.29, 0.717) is 11.6 Å². The van der Waals surface area contributed by atoms with Gasteiger partial charge in [-0.15, -0.1) is 0 Å². The second-order valence-corrected chi connectivity index (χ2v) is 6.17. The fourth-order valence-corrected chi connectivity index (χ4v) is 2.32. The molecule has 2 rings (SSSR count). The van der Waals surface area contributed by atoms with Crippen LogP contribution in [0.25, 0.3) is 0 Å². The lowest BCUT2D eigenvalue weighted by molar-refractivity contribution is -0.120. The summed E-state index contributed by atoms with van der Waals surface area (Å²) >= 11 is 0. The Morgan fingerprint density at radius 2 is 1.81 bits per heavy atom. The van der Waals surface area contributed by atoms with Crippen LogP contribution in [0.1, 0.15) is 32.3 Å². The van der Waals surface area contributed by atoms with Crippen LogP contribution in [0.15, 0.2) is 24.3 Å². The smallest absolute Gasteiger partial charge is 0.360 e. The Labute approximate surface area is 124 Å². The number of hydrogen-bond donors (Lipinski definition) is 1. The molecule has 1 saturated carbocycles. The van der Waals surface area contributed by atoms with Crippen LogP contribution in [0.2, 0.25) is 0 Å². The van der Waals surface area contributed by atoms with Crippen LogP contribution >= 0.6 is 0 Å². The van der Waals surface area contributed by atoms with Crippen molar-refractivity contribution in [1.29, 1.82) is 0 Å². The summed E-state index contributed by atoms with van der Waals surface area (Å²) in [5.74, 6) is 0.585. The molecule has 0 spiro atoms. The summed E-state index contributed by atoms with van der Waals surface area (Å²) in [6.45, 7) is 5.11. The number of halogens is 3. The molecule has 1 aliphatic carbocycles. The van der Waals surface area contributed by atoms with Crippen molar-refractivity contribution < 1.29 is 13.2 Å². The third-order valence-electron chi connectivity index (χ3n) is 3.49. The summed E-state index contributed by atoms with van der Waals surface area (Å²) in [5.41, 5.74) is 1.77. The van der Waals surface area contributed by atoms with Crippen LogP contribution in [-0.2, 0) is 6.54 Å². The van der Waals surface area contributed by atoms with Gasteiger partial charge in [0.2, 0.25) is 0 Å². The average molecular weight is 300 g/mol. The highest BCUT2D eigenvalue weighted by atomic mass is 19.4. The van der Waals surface area contributed by atoms with Crippen molar-refractivity contribution in [3.63, 3.8) is 0 Å². The first-order chi connectivity index (χ1) is 9.85. The summed E-state index contributed by atoms with van der Waals surface area (Å²) in [6, 6.07) is 7.48. The van der Waals surface area contributed by atoms with Crippen LogP contribution < -0.4 is 10.2 Å². The molecule has 1 N–H and O–H groups in total. The maximum absolute atomic E-state index is 12.6. The van der Waals surface area contributed by atoms with Gasteiger partial charge >= 0.3 is 6.18 Å². The van der Waals surface area contributed by atoms with Gasteiger partial charge in [0.15, 0.2) is 0 Å². The Hall–Kier alpha value is -1.23. The van der Waals surface area contributed by atoms with Crippen LogP contribution in [-0.4, -0.2) is 25.3 Å². The molecule has 0 amide bonds. The highest BCUT2D eigenvalue weighted by Crippen LogP contribution is 2.34. The SMILES string of the molecule is CC(C)CNCc1ccc(N(CC(F)(F)F)C2CC2)cc1. The molecule has 0 radical (unpaired) electrons. The Morgan fingerprint density at radius 1 is 1.19 bits per heavy atom. The van der Waals surface area contributed by atoms with Crippen molar-refractivity contribution in [3.05, 3.63) is 29.8 Å². The van der Waals surface area contributed by atoms with Gasteiger partial charge in [-0.1, -0.05) is 26.0 Å². The first-order valence-corrected chi connectivity index (χ1v) is 7.48. The van der Waals surface area contributed by atoms with E-state index in [4.69, 9.17) is 0 Å². The van der Waals surface area contributed by atoms with E-state index in [0.717, 1.165) is 31.5 Å². The maximum atomic E-state index is 12.6. The van der Waals surface area contributed by atoms with Crippen molar-refractivity contribution in [2.45, 2.75) is 45.5 Å². The molecule has 0 saturated heterocycles. The second kappa shape index (κ2) is 6.69. The van der Waals surface area contributed by atoms with Gasteiger partial charge < -0.3 is 10.2 Å². The lowest BCUT2D eigenvalue weighted by atomic mass is 10.1. The monoisotopic (exact) mass is 300 g/mol.